The highest BCUT2D eigenvalue weighted by molar-refractivity contribution is 6.42. The molecule has 1 aliphatic heterocycles. The van der Waals surface area contributed by atoms with Crippen molar-refractivity contribution in [2.24, 2.45) is 0 Å². The van der Waals surface area contributed by atoms with Gasteiger partial charge in [-0.3, -0.25) is 0 Å². The van der Waals surface area contributed by atoms with Crippen LogP contribution in [0.15, 0.2) is 42.5 Å². The molecule has 3 rings (SSSR count). The fourth-order valence-corrected chi connectivity index (χ4v) is 3.37. The number of ether oxygens (including phenoxy) is 1. The number of nitrogens with one attached hydrogen (secondary N) is 1. The summed E-state index contributed by atoms with van der Waals surface area (Å²) >= 11 is 12.1. The first-order chi connectivity index (χ1) is 14.3. The van der Waals surface area contributed by atoms with E-state index in [0.717, 1.165) is 5.56 Å². The highest BCUT2D eigenvalue weighted by Gasteiger charge is 2.24. The summed E-state index contributed by atoms with van der Waals surface area (Å²) in [6.07, 6.45) is 0. The Bertz CT molecular complexity index is 898. The third-order valence-corrected chi connectivity index (χ3v) is 5.53. The van der Waals surface area contributed by atoms with Gasteiger partial charge in [-0.1, -0.05) is 41.4 Å². The standard InChI is InChI=1S/C21H24Cl2N4O3/c1-25(2)21(29)27-12-10-26(11-13-27)20(28)24-14-15-6-8-16(9-7-15)30-18-5-3-4-17(22)19(18)23/h3-9H,10-14H2,1-2H3,(H,24,28). The topological polar surface area (TPSA) is 65.1 Å². The maximum Gasteiger partial charge on any atom is 0.319 e. The number of urea groups is 2. The fourth-order valence-electron chi connectivity index (χ4n) is 3.04. The van der Waals surface area contributed by atoms with Crippen LogP contribution in [0.2, 0.25) is 10.0 Å². The predicted molar refractivity (Wildman–Crippen MR) is 117 cm³/mol. The second kappa shape index (κ2) is 9.91. The number of rotatable bonds is 4. The molecular formula is C21H24Cl2N4O3. The van der Waals surface area contributed by atoms with Crippen molar-refractivity contribution in [1.82, 2.24) is 20.0 Å². The van der Waals surface area contributed by atoms with Crippen molar-refractivity contribution < 1.29 is 14.3 Å². The Labute approximate surface area is 186 Å². The smallest absolute Gasteiger partial charge is 0.319 e. The van der Waals surface area contributed by atoms with E-state index in [9.17, 15) is 9.59 Å². The minimum absolute atomic E-state index is 0.0311. The molecule has 0 bridgehead atoms. The number of amides is 4. The molecule has 4 amide bonds. The van der Waals surface area contributed by atoms with Gasteiger partial charge in [0.2, 0.25) is 0 Å². The Morgan fingerprint density at radius 1 is 1.00 bits per heavy atom. The molecule has 9 heteroatoms. The van der Waals surface area contributed by atoms with E-state index < -0.39 is 0 Å². The quantitative estimate of drug-likeness (QED) is 0.754. The summed E-state index contributed by atoms with van der Waals surface area (Å²) in [5, 5.41) is 3.71. The zero-order chi connectivity index (χ0) is 21.7. The molecule has 0 saturated carbocycles. The molecule has 1 saturated heterocycles. The van der Waals surface area contributed by atoms with Crippen LogP contribution in [0.1, 0.15) is 5.56 Å². The molecule has 1 N–H and O–H groups in total. The van der Waals surface area contributed by atoms with Gasteiger partial charge in [0.05, 0.1) is 5.02 Å². The lowest BCUT2D eigenvalue weighted by Gasteiger charge is -2.35. The van der Waals surface area contributed by atoms with Gasteiger partial charge < -0.3 is 24.8 Å². The lowest BCUT2D eigenvalue weighted by Crippen LogP contribution is -2.54. The molecule has 30 heavy (non-hydrogen) atoms. The van der Waals surface area contributed by atoms with Crippen molar-refractivity contribution in [3.8, 4) is 11.5 Å². The van der Waals surface area contributed by atoms with E-state index in [1.807, 2.05) is 24.3 Å². The number of halogens is 2. The molecule has 0 atom stereocenters. The molecule has 0 aliphatic carbocycles. The average Bonchev–Trinajstić information content (AvgIpc) is 2.75. The van der Waals surface area contributed by atoms with Crippen molar-refractivity contribution in [2.75, 3.05) is 40.3 Å². The third-order valence-electron chi connectivity index (χ3n) is 4.73. The van der Waals surface area contributed by atoms with E-state index >= 15 is 0 Å². The summed E-state index contributed by atoms with van der Waals surface area (Å²) in [5.41, 5.74) is 0.939. The van der Waals surface area contributed by atoms with Crippen LogP contribution < -0.4 is 10.1 Å². The van der Waals surface area contributed by atoms with E-state index in [2.05, 4.69) is 5.32 Å². The van der Waals surface area contributed by atoms with Gasteiger partial charge in [-0.25, -0.2) is 9.59 Å². The SMILES string of the molecule is CN(C)C(=O)N1CCN(C(=O)NCc2ccc(Oc3cccc(Cl)c3Cl)cc2)CC1. The van der Waals surface area contributed by atoms with Crippen molar-refractivity contribution >= 4 is 35.3 Å². The van der Waals surface area contributed by atoms with Crippen LogP contribution >= 0.6 is 23.2 Å². The highest BCUT2D eigenvalue weighted by Crippen LogP contribution is 2.34. The second-order valence-electron chi connectivity index (χ2n) is 7.11. The summed E-state index contributed by atoms with van der Waals surface area (Å²) in [6.45, 7) is 2.48. The van der Waals surface area contributed by atoms with Gasteiger partial charge in [0.1, 0.15) is 16.5 Å². The van der Waals surface area contributed by atoms with E-state index in [-0.39, 0.29) is 12.1 Å². The van der Waals surface area contributed by atoms with Crippen LogP contribution in [0.3, 0.4) is 0 Å². The number of hydrogen-bond donors (Lipinski definition) is 1. The Balaban J connectivity index is 1.48. The first kappa shape index (κ1) is 22.1. The number of piperazine rings is 1. The predicted octanol–water partition coefficient (Wildman–Crippen LogP) is 4.29. The van der Waals surface area contributed by atoms with Crippen molar-refractivity contribution in [3.05, 3.63) is 58.1 Å². The lowest BCUT2D eigenvalue weighted by molar-refractivity contribution is 0.128. The van der Waals surface area contributed by atoms with E-state index in [4.69, 9.17) is 27.9 Å². The Kier molecular flexibility index (Phi) is 7.29. The van der Waals surface area contributed by atoms with Crippen molar-refractivity contribution in [3.63, 3.8) is 0 Å². The van der Waals surface area contributed by atoms with Gasteiger partial charge in [0, 0.05) is 46.8 Å². The average molecular weight is 451 g/mol. The molecule has 1 heterocycles. The van der Waals surface area contributed by atoms with Crippen LogP contribution in [0.5, 0.6) is 11.5 Å². The summed E-state index contributed by atoms with van der Waals surface area (Å²) in [6, 6.07) is 12.4. The van der Waals surface area contributed by atoms with Crippen molar-refractivity contribution in [1.29, 1.82) is 0 Å². The van der Waals surface area contributed by atoms with E-state index in [1.54, 1.807) is 47.0 Å². The van der Waals surface area contributed by atoms with Crippen LogP contribution in [0.25, 0.3) is 0 Å². The van der Waals surface area contributed by atoms with Gasteiger partial charge in [-0.15, -0.1) is 0 Å². The molecule has 160 valence electrons. The molecule has 2 aromatic rings. The van der Waals surface area contributed by atoms with Gasteiger partial charge in [0.25, 0.3) is 0 Å². The van der Waals surface area contributed by atoms with Crippen LogP contribution in [-0.4, -0.2) is 67.0 Å². The molecule has 0 unspecified atom stereocenters. The largest absolute Gasteiger partial charge is 0.456 e. The third kappa shape index (κ3) is 5.49. The van der Waals surface area contributed by atoms with Gasteiger partial charge in [0.15, 0.2) is 0 Å². The minimum Gasteiger partial charge on any atom is -0.456 e. The molecule has 2 aromatic carbocycles. The molecule has 0 aromatic heterocycles. The van der Waals surface area contributed by atoms with E-state index in [0.29, 0.717) is 54.3 Å². The molecule has 0 spiro atoms. The number of nitrogens with zero attached hydrogens (tertiary/aromatic N) is 3. The maximum absolute atomic E-state index is 12.4. The van der Waals surface area contributed by atoms with Gasteiger partial charge >= 0.3 is 12.1 Å². The molecule has 1 fully saturated rings. The molecular weight excluding hydrogens is 427 g/mol. The maximum atomic E-state index is 12.4. The molecule has 1 aliphatic rings. The monoisotopic (exact) mass is 450 g/mol. The summed E-state index contributed by atoms with van der Waals surface area (Å²) in [4.78, 5) is 29.4. The first-order valence-corrected chi connectivity index (χ1v) is 10.3. The lowest BCUT2D eigenvalue weighted by atomic mass is 10.2. The highest BCUT2D eigenvalue weighted by atomic mass is 35.5. The molecule has 0 radical (unpaired) electrons. The Hall–Kier alpha value is -2.64. The number of carbonyl (C=O) groups excluding carboxylic acids is 2. The number of hydrogen-bond acceptors (Lipinski definition) is 3. The van der Waals surface area contributed by atoms with Crippen molar-refractivity contribution in [2.45, 2.75) is 6.54 Å². The second-order valence-corrected chi connectivity index (χ2v) is 7.89. The van der Waals surface area contributed by atoms with Crippen LogP contribution in [0, 0.1) is 0 Å². The van der Waals surface area contributed by atoms with Gasteiger partial charge in [-0.05, 0) is 29.8 Å². The normalized spacial score (nSPS) is 13.7. The zero-order valence-electron chi connectivity index (χ0n) is 16.9. The summed E-state index contributed by atoms with van der Waals surface area (Å²) < 4.78 is 5.76. The Morgan fingerprint density at radius 2 is 1.63 bits per heavy atom. The zero-order valence-corrected chi connectivity index (χ0v) is 18.4. The molecule has 7 nitrogen and oxygen atoms in total. The van der Waals surface area contributed by atoms with Crippen LogP contribution in [-0.2, 0) is 6.54 Å². The summed E-state index contributed by atoms with van der Waals surface area (Å²) in [7, 11) is 3.45. The van der Waals surface area contributed by atoms with Crippen LogP contribution in [0.4, 0.5) is 9.59 Å². The Morgan fingerprint density at radius 3 is 2.27 bits per heavy atom. The first-order valence-electron chi connectivity index (χ1n) is 9.55. The summed E-state index contributed by atoms with van der Waals surface area (Å²) in [5.74, 6) is 1.10. The number of carbonyl (C=O) groups is 2. The fraction of sp³-hybridized carbons (Fsp3) is 0.333. The minimum atomic E-state index is -0.141. The van der Waals surface area contributed by atoms with E-state index in [1.165, 1.54) is 0 Å². The van der Waals surface area contributed by atoms with Gasteiger partial charge in [-0.2, -0.15) is 0 Å². The number of benzene rings is 2.